The smallest absolute Gasteiger partial charge is 0.329 e. The first-order valence-corrected chi connectivity index (χ1v) is 7.05. The summed E-state index contributed by atoms with van der Waals surface area (Å²) in [6.45, 7) is 0. The van der Waals surface area contributed by atoms with Gasteiger partial charge in [0.25, 0.3) is 0 Å². The van der Waals surface area contributed by atoms with Crippen LogP contribution in [0.2, 0.25) is 0 Å². The first-order valence-electron chi connectivity index (χ1n) is 7.05. The number of hydrazone groups is 1. The van der Waals surface area contributed by atoms with Crippen LogP contribution in [0.5, 0.6) is 11.5 Å². The Balaban J connectivity index is 1.93. The average molecular weight is 327 g/mol. The highest BCUT2D eigenvalue weighted by atomic mass is 16.5. The summed E-state index contributed by atoms with van der Waals surface area (Å²) in [6.07, 6.45) is 1.40. The lowest BCUT2D eigenvalue weighted by Gasteiger charge is -2.07. The van der Waals surface area contributed by atoms with Crippen molar-refractivity contribution in [3.05, 3.63) is 54.1 Å². The number of nitrogens with zero attached hydrogens (tertiary/aromatic N) is 1. The maximum absolute atomic E-state index is 11.7. The monoisotopic (exact) mass is 327 g/mol. The lowest BCUT2D eigenvalue weighted by Crippen LogP contribution is -2.32. The molecular weight excluding hydrogens is 310 g/mol. The predicted molar refractivity (Wildman–Crippen MR) is 90.4 cm³/mol. The summed E-state index contributed by atoms with van der Waals surface area (Å²) in [7, 11) is 3.06. The van der Waals surface area contributed by atoms with Crippen molar-refractivity contribution < 1.29 is 19.1 Å². The maximum atomic E-state index is 11.7. The Labute approximate surface area is 139 Å². The SMILES string of the molecule is COc1ccc(C=NNC(=O)C(=O)Nc2ccccc2)cc1OC. The summed E-state index contributed by atoms with van der Waals surface area (Å²) in [6, 6.07) is 13.8. The molecule has 2 aromatic carbocycles. The second-order valence-electron chi connectivity index (χ2n) is 4.63. The van der Waals surface area contributed by atoms with E-state index in [4.69, 9.17) is 9.47 Å². The van der Waals surface area contributed by atoms with Crippen molar-refractivity contribution in [2.75, 3.05) is 19.5 Å². The molecule has 0 unspecified atom stereocenters. The molecule has 0 spiro atoms. The van der Waals surface area contributed by atoms with Gasteiger partial charge in [0.2, 0.25) is 0 Å². The van der Waals surface area contributed by atoms with Crippen LogP contribution in [-0.2, 0) is 9.59 Å². The highest BCUT2D eigenvalue weighted by Crippen LogP contribution is 2.26. The highest BCUT2D eigenvalue weighted by molar-refractivity contribution is 6.39. The van der Waals surface area contributed by atoms with Crippen molar-refractivity contribution in [3.63, 3.8) is 0 Å². The molecule has 24 heavy (non-hydrogen) atoms. The van der Waals surface area contributed by atoms with Gasteiger partial charge in [-0.05, 0) is 35.9 Å². The number of anilines is 1. The molecule has 0 atom stereocenters. The molecule has 7 nitrogen and oxygen atoms in total. The molecule has 2 amide bonds. The van der Waals surface area contributed by atoms with Crippen molar-refractivity contribution in [3.8, 4) is 11.5 Å². The van der Waals surface area contributed by atoms with Crippen molar-refractivity contribution in [2.24, 2.45) is 5.10 Å². The van der Waals surface area contributed by atoms with Gasteiger partial charge < -0.3 is 14.8 Å². The van der Waals surface area contributed by atoms with E-state index in [0.717, 1.165) is 0 Å². The van der Waals surface area contributed by atoms with Crippen LogP contribution in [0.4, 0.5) is 5.69 Å². The number of hydrogen-bond donors (Lipinski definition) is 2. The van der Waals surface area contributed by atoms with Gasteiger partial charge in [0.1, 0.15) is 0 Å². The number of carbonyl (C=O) groups excluding carboxylic acids is 2. The molecule has 0 bridgehead atoms. The number of nitrogens with one attached hydrogen (secondary N) is 2. The van der Waals surface area contributed by atoms with E-state index in [2.05, 4.69) is 15.8 Å². The standard InChI is InChI=1S/C17H17N3O4/c1-23-14-9-8-12(10-15(14)24-2)11-18-20-17(22)16(21)19-13-6-4-3-5-7-13/h3-11H,1-2H3,(H,19,21)(H,20,22). The Morgan fingerprint density at radius 3 is 2.33 bits per heavy atom. The van der Waals surface area contributed by atoms with Gasteiger partial charge in [-0.25, -0.2) is 5.43 Å². The van der Waals surface area contributed by atoms with Crippen LogP contribution in [0.3, 0.4) is 0 Å². The number of amides is 2. The molecule has 0 radical (unpaired) electrons. The zero-order chi connectivity index (χ0) is 17.4. The summed E-state index contributed by atoms with van der Waals surface area (Å²) >= 11 is 0. The first kappa shape index (κ1) is 17.0. The quantitative estimate of drug-likeness (QED) is 0.498. The van der Waals surface area contributed by atoms with E-state index in [0.29, 0.717) is 22.7 Å². The number of para-hydroxylation sites is 1. The van der Waals surface area contributed by atoms with E-state index in [1.54, 1.807) is 42.5 Å². The lowest BCUT2D eigenvalue weighted by atomic mass is 10.2. The number of ether oxygens (including phenoxy) is 2. The molecule has 0 aliphatic heterocycles. The molecule has 2 N–H and O–H groups in total. The molecule has 2 rings (SSSR count). The van der Waals surface area contributed by atoms with Gasteiger partial charge in [-0.15, -0.1) is 0 Å². The third-order valence-electron chi connectivity index (χ3n) is 3.03. The van der Waals surface area contributed by atoms with Gasteiger partial charge in [-0.1, -0.05) is 18.2 Å². The predicted octanol–water partition coefficient (Wildman–Crippen LogP) is 1.79. The highest BCUT2D eigenvalue weighted by Gasteiger charge is 2.12. The molecule has 0 heterocycles. The molecular formula is C17H17N3O4. The fraction of sp³-hybridized carbons (Fsp3) is 0.118. The van der Waals surface area contributed by atoms with Crippen LogP contribution in [-0.4, -0.2) is 32.2 Å². The van der Waals surface area contributed by atoms with Crippen molar-refractivity contribution in [1.82, 2.24) is 5.43 Å². The fourth-order valence-electron chi connectivity index (χ4n) is 1.86. The number of methoxy groups -OCH3 is 2. The summed E-state index contributed by atoms with van der Waals surface area (Å²) in [5.74, 6) is -0.545. The van der Waals surface area contributed by atoms with Crippen LogP contribution in [0.25, 0.3) is 0 Å². The van der Waals surface area contributed by atoms with Crippen molar-refractivity contribution in [2.45, 2.75) is 0 Å². The Morgan fingerprint density at radius 2 is 1.67 bits per heavy atom. The van der Waals surface area contributed by atoms with Gasteiger partial charge in [0.15, 0.2) is 11.5 Å². The van der Waals surface area contributed by atoms with Gasteiger partial charge in [0.05, 0.1) is 20.4 Å². The Morgan fingerprint density at radius 1 is 0.958 bits per heavy atom. The normalized spacial score (nSPS) is 10.2. The number of carbonyl (C=O) groups is 2. The van der Waals surface area contributed by atoms with Crippen LogP contribution < -0.4 is 20.2 Å². The van der Waals surface area contributed by atoms with Crippen LogP contribution in [0, 0.1) is 0 Å². The molecule has 7 heteroatoms. The fourth-order valence-corrected chi connectivity index (χ4v) is 1.86. The Kier molecular flexibility index (Phi) is 5.90. The largest absolute Gasteiger partial charge is 0.493 e. The Hall–Kier alpha value is -3.35. The van der Waals surface area contributed by atoms with E-state index in [1.807, 2.05) is 6.07 Å². The summed E-state index contributed by atoms with van der Waals surface area (Å²) in [5, 5.41) is 6.22. The molecule has 0 saturated heterocycles. The van der Waals surface area contributed by atoms with Gasteiger partial charge in [0, 0.05) is 5.69 Å². The molecule has 0 aliphatic carbocycles. The van der Waals surface area contributed by atoms with Crippen molar-refractivity contribution >= 4 is 23.7 Å². The Bertz CT molecular complexity index is 745. The second-order valence-corrected chi connectivity index (χ2v) is 4.63. The molecule has 0 saturated carbocycles. The minimum absolute atomic E-state index is 0.529. The topological polar surface area (TPSA) is 89.0 Å². The summed E-state index contributed by atoms with van der Waals surface area (Å²) < 4.78 is 10.3. The summed E-state index contributed by atoms with van der Waals surface area (Å²) in [5.41, 5.74) is 3.37. The molecule has 2 aromatic rings. The van der Waals surface area contributed by atoms with E-state index in [1.165, 1.54) is 20.4 Å². The molecule has 0 aromatic heterocycles. The zero-order valence-corrected chi connectivity index (χ0v) is 13.3. The van der Waals surface area contributed by atoms with Gasteiger partial charge in [-0.2, -0.15) is 5.10 Å². The maximum Gasteiger partial charge on any atom is 0.329 e. The van der Waals surface area contributed by atoms with Crippen molar-refractivity contribution in [1.29, 1.82) is 0 Å². The van der Waals surface area contributed by atoms with E-state index in [9.17, 15) is 9.59 Å². The van der Waals surface area contributed by atoms with Gasteiger partial charge in [-0.3, -0.25) is 9.59 Å². The van der Waals surface area contributed by atoms with E-state index >= 15 is 0 Å². The zero-order valence-electron chi connectivity index (χ0n) is 13.3. The van der Waals surface area contributed by atoms with Crippen LogP contribution in [0.1, 0.15) is 5.56 Å². The molecule has 124 valence electrons. The van der Waals surface area contributed by atoms with Crippen LogP contribution in [0.15, 0.2) is 53.6 Å². The number of benzene rings is 2. The number of rotatable bonds is 5. The average Bonchev–Trinajstić information content (AvgIpc) is 2.62. The third-order valence-corrected chi connectivity index (χ3v) is 3.03. The molecule has 0 fully saturated rings. The minimum Gasteiger partial charge on any atom is -0.493 e. The summed E-state index contributed by atoms with van der Waals surface area (Å²) in [4.78, 5) is 23.4. The van der Waals surface area contributed by atoms with E-state index in [-0.39, 0.29) is 0 Å². The van der Waals surface area contributed by atoms with Gasteiger partial charge >= 0.3 is 11.8 Å². The third kappa shape index (κ3) is 4.57. The second kappa shape index (κ2) is 8.33. The van der Waals surface area contributed by atoms with Crippen LogP contribution >= 0.6 is 0 Å². The number of hydrogen-bond acceptors (Lipinski definition) is 5. The first-order chi connectivity index (χ1) is 11.6. The minimum atomic E-state index is -0.865. The lowest BCUT2D eigenvalue weighted by molar-refractivity contribution is -0.136. The molecule has 0 aliphatic rings. The van der Waals surface area contributed by atoms with E-state index < -0.39 is 11.8 Å².